The van der Waals surface area contributed by atoms with Crippen LogP contribution in [0.3, 0.4) is 0 Å². The molecule has 3 aromatic rings. The van der Waals surface area contributed by atoms with Gasteiger partial charge in [-0.15, -0.1) is 0 Å². The highest BCUT2D eigenvalue weighted by molar-refractivity contribution is 6.13. The maximum atomic E-state index is 12.5. The minimum Gasteiger partial charge on any atom is -0.497 e. The number of nitrogens with one attached hydrogen (secondary N) is 3. The SMILES string of the molecule is COc1cccc(CCNC(=O)c2ccc3c(C(N)=O)c(NC(N)=O)[nH]c3c2)c1. The lowest BCUT2D eigenvalue weighted by molar-refractivity contribution is 0.0953. The number of carbonyl (C=O) groups is 3. The predicted octanol–water partition coefficient (Wildman–Crippen LogP) is 1.74. The Morgan fingerprint density at radius 3 is 2.59 bits per heavy atom. The number of hydrogen-bond acceptors (Lipinski definition) is 4. The number of H-pyrrole nitrogens is 1. The van der Waals surface area contributed by atoms with Crippen LogP contribution >= 0.6 is 0 Å². The van der Waals surface area contributed by atoms with Crippen LogP contribution in [0.25, 0.3) is 10.9 Å². The number of fused-ring (bicyclic) bond motifs is 1. The van der Waals surface area contributed by atoms with Gasteiger partial charge in [0.2, 0.25) is 0 Å². The van der Waals surface area contributed by atoms with Crippen LogP contribution in [0.15, 0.2) is 42.5 Å². The second-order valence-electron chi connectivity index (χ2n) is 6.35. The normalized spacial score (nSPS) is 10.5. The van der Waals surface area contributed by atoms with E-state index in [0.717, 1.165) is 11.3 Å². The Hall–Kier alpha value is -4.01. The topological polar surface area (TPSA) is 152 Å². The van der Waals surface area contributed by atoms with Crippen molar-refractivity contribution in [2.75, 3.05) is 19.0 Å². The van der Waals surface area contributed by atoms with Crippen LogP contribution in [0, 0.1) is 0 Å². The van der Waals surface area contributed by atoms with Crippen molar-refractivity contribution in [3.63, 3.8) is 0 Å². The summed E-state index contributed by atoms with van der Waals surface area (Å²) in [6.45, 7) is 0.440. The first-order valence-corrected chi connectivity index (χ1v) is 8.82. The first-order chi connectivity index (χ1) is 13.9. The average Bonchev–Trinajstić information content (AvgIpc) is 3.04. The number of nitrogens with two attached hydrogens (primary N) is 2. The molecule has 0 unspecified atom stereocenters. The molecule has 7 N–H and O–H groups in total. The summed E-state index contributed by atoms with van der Waals surface area (Å²) in [6, 6.07) is 11.5. The van der Waals surface area contributed by atoms with Gasteiger partial charge in [-0.2, -0.15) is 0 Å². The van der Waals surface area contributed by atoms with Gasteiger partial charge in [-0.25, -0.2) is 4.79 Å². The van der Waals surface area contributed by atoms with E-state index in [9.17, 15) is 14.4 Å². The van der Waals surface area contributed by atoms with E-state index in [1.165, 1.54) is 0 Å². The van der Waals surface area contributed by atoms with Crippen LogP contribution in [0.5, 0.6) is 5.75 Å². The monoisotopic (exact) mass is 395 g/mol. The number of methoxy groups -OCH3 is 1. The van der Waals surface area contributed by atoms with Crippen LogP contribution in [0.1, 0.15) is 26.3 Å². The van der Waals surface area contributed by atoms with Crippen molar-refractivity contribution in [3.05, 3.63) is 59.2 Å². The first kappa shape index (κ1) is 19.7. The van der Waals surface area contributed by atoms with Gasteiger partial charge < -0.3 is 26.5 Å². The molecular formula is C20H21N5O4. The lowest BCUT2D eigenvalue weighted by Crippen LogP contribution is -2.25. The average molecular weight is 395 g/mol. The zero-order valence-electron chi connectivity index (χ0n) is 15.7. The lowest BCUT2D eigenvalue weighted by atomic mass is 10.1. The fourth-order valence-electron chi connectivity index (χ4n) is 3.06. The zero-order chi connectivity index (χ0) is 21.0. The fourth-order valence-corrected chi connectivity index (χ4v) is 3.06. The summed E-state index contributed by atoms with van der Waals surface area (Å²) < 4.78 is 5.19. The summed E-state index contributed by atoms with van der Waals surface area (Å²) >= 11 is 0. The predicted molar refractivity (Wildman–Crippen MR) is 109 cm³/mol. The van der Waals surface area contributed by atoms with E-state index in [-0.39, 0.29) is 17.3 Å². The van der Waals surface area contributed by atoms with Crippen LogP contribution in [0.4, 0.5) is 10.6 Å². The smallest absolute Gasteiger partial charge is 0.317 e. The van der Waals surface area contributed by atoms with Crippen LogP contribution in [-0.4, -0.2) is 36.5 Å². The molecule has 150 valence electrons. The third-order valence-electron chi connectivity index (χ3n) is 4.39. The Balaban J connectivity index is 1.74. The Kier molecular flexibility index (Phi) is 5.68. The molecule has 0 aliphatic rings. The highest BCUT2D eigenvalue weighted by Crippen LogP contribution is 2.27. The molecule has 3 rings (SSSR count). The number of ether oxygens (including phenoxy) is 1. The fraction of sp³-hybridized carbons (Fsp3) is 0.150. The van der Waals surface area contributed by atoms with Crippen LogP contribution in [0.2, 0.25) is 0 Å². The molecule has 0 aliphatic heterocycles. The Labute approximate surface area is 166 Å². The molecule has 1 aromatic heterocycles. The van der Waals surface area contributed by atoms with E-state index in [0.29, 0.717) is 29.4 Å². The third-order valence-corrected chi connectivity index (χ3v) is 4.39. The number of carbonyl (C=O) groups excluding carboxylic acids is 3. The van der Waals surface area contributed by atoms with Gasteiger partial charge in [-0.1, -0.05) is 18.2 Å². The van der Waals surface area contributed by atoms with Crippen molar-refractivity contribution in [1.29, 1.82) is 0 Å². The number of anilines is 1. The van der Waals surface area contributed by atoms with Gasteiger partial charge in [0.1, 0.15) is 11.6 Å². The minimum atomic E-state index is -0.838. The molecule has 0 fully saturated rings. The molecule has 1 heterocycles. The van der Waals surface area contributed by atoms with Gasteiger partial charge in [0.15, 0.2) is 0 Å². The number of hydrogen-bond donors (Lipinski definition) is 5. The summed E-state index contributed by atoms with van der Waals surface area (Å²) in [6.07, 6.45) is 0.645. The first-order valence-electron chi connectivity index (χ1n) is 8.82. The third kappa shape index (κ3) is 4.46. The van der Waals surface area contributed by atoms with Gasteiger partial charge in [-0.05, 0) is 36.2 Å². The number of aromatic nitrogens is 1. The maximum absolute atomic E-state index is 12.5. The second kappa shape index (κ2) is 8.34. The second-order valence-corrected chi connectivity index (χ2v) is 6.35. The van der Waals surface area contributed by atoms with E-state index < -0.39 is 11.9 Å². The minimum absolute atomic E-state index is 0.0931. The van der Waals surface area contributed by atoms with Crippen molar-refractivity contribution in [2.45, 2.75) is 6.42 Å². The van der Waals surface area contributed by atoms with Gasteiger partial charge in [-0.3, -0.25) is 14.9 Å². The molecule has 29 heavy (non-hydrogen) atoms. The van der Waals surface area contributed by atoms with Crippen LogP contribution in [-0.2, 0) is 6.42 Å². The highest BCUT2D eigenvalue weighted by atomic mass is 16.5. The molecule has 0 saturated carbocycles. The maximum Gasteiger partial charge on any atom is 0.317 e. The summed E-state index contributed by atoms with van der Waals surface area (Å²) in [7, 11) is 1.60. The molecule has 9 heteroatoms. The number of amides is 4. The lowest BCUT2D eigenvalue weighted by Gasteiger charge is -2.07. The van der Waals surface area contributed by atoms with Crippen molar-refractivity contribution >= 4 is 34.6 Å². The van der Waals surface area contributed by atoms with Crippen molar-refractivity contribution in [3.8, 4) is 5.75 Å². The van der Waals surface area contributed by atoms with Gasteiger partial charge in [0.25, 0.3) is 11.8 Å². The molecule has 0 saturated heterocycles. The molecule has 0 spiro atoms. The van der Waals surface area contributed by atoms with Crippen molar-refractivity contribution < 1.29 is 19.1 Å². The van der Waals surface area contributed by atoms with E-state index in [2.05, 4.69) is 15.6 Å². The summed E-state index contributed by atoms with van der Waals surface area (Å²) in [4.78, 5) is 38.2. The van der Waals surface area contributed by atoms with E-state index in [4.69, 9.17) is 16.2 Å². The Bertz CT molecular complexity index is 1090. The van der Waals surface area contributed by atoms with E-state index >= 15 is 0 Å². The van der Waals surface area contributed by atoms with Crippen molar-refractivity contribution in [2.24, 2.45) is 11.5 Å². The number of primary amides is 2. The molecule has 0 aliphatic carbocycles. The van der Waals surface area contributed by atoms with E-state index in [1.807, 2.05) is 24.3 Å². The summed E-state index contributed by atoms with van der Waals surface area (Å²) in [5, 5.41) is 5.66. The molecule has 0 atom stereocenters. The summed E-state index contributed by atoms with van der Waals surface area (Å²) in [5.41, 5.74) is 12.5. The molecular weight excluding hydrogens is 374 g/mol. The van der Waals surface area contributed by atoms with Gasteiger partial charge >= 0.3 is 6.03 Å². The van der Waals surface area contributed by atoms with Crippen LogP contribution < -0.4 is 26.8 Å². The largest absolute Gasteiger partial charge is 0.497 e. The van der Waals surface area contributed by atoms with Gasteiger partial charge in [0, 0.05) is 23.0 Å². The number of benzene rings is 2. The molecule has 4 amide bonds. The molecule has 0 bridgehead atoms. The quantitative estimate of drug-likeness (QED) is 0.413. The summed E-state index contributed by atoms with van der Waals surface area (Å²) in [5.74, 6) is -0.142. The van der Waals surface area contributed by atoms with Crippen molar-refractivity contribution in [1.82, 2.24) is 10.3 Å². The number of rotatable bonds is 7. The molecule has 0 radical (unpaired) electrons. The Morgan fingerprint density at radius 2 is 1.90 bits per heavy atom. The zero-order valence-corrected chi connectivity index (χ0v) is 15.7. The molecule has 2 aromatic carbocycles. The highest BCUT2D eigenvalue weighted by Gasteiger charge is 2.18. The van der Waals surface area contributed by atoms with Gasteiger partial charge in [0.05, 0.1) is 12.7 Å². The number of aromatic amines is 1. The Morgan fingerprint density at radius 1 is 1.10 bits per heavy atom. The van der Waals surface area contributed by atoms with E-state index in [1.54, 1.807) is 25.3 Å². The standard InChI is InChI=1S/C20H21N5O4/c1-29-13-4-2-3-11(9-13)7-8-23-19(27)12-5-6-14-15(10-12)24-18(25-20(22)28)16(14)17(21)26/h2-6,9-10,24H,7-8H2,1H3,(H2,21,26)(H,23,27)(H3,22,25,28). The number of urea groups is 1. The molecule has 9 nitrogen and oxygen atoms in total.